The lowest BCUT2D eigenvalue weighted by Crippen LogP contribution is -2.25. The minimum atomic E-state index is 0.0375. The Bertz CT molecular complexity index is 319. The SMILES string of the molecule is CC1(C)CCC(=CC[13CH]2OC3CCCCC3O2)CC1. The standard InChI is InChI=1S/C17H28O2/c1-17(2)11-9-13(10-12-17)7-8-16-18-14-5-3-4-6-15(14)19-16/h7,14-16H,3-6,8-12H2,1-2H3/i16+1. The average molecular weight is 265 g/mol. The second-order valence-corrected chi connectivity index (χ2v) is 7.33. The van der Waals surface area contributed by atoms with Gasteiger partial charge in [-0.1, -0.05) is 38.3 Å². The first-order chi connectivity index (χ1) is 9.12. The van der Waals surface area contributed by atoms with Gasteiger partial charge in [-0.3, -0.25) is 0 Å². The van der Waals surface area contributed by atoms with Crippen LogP contribution in [-0.4, -0.2) is 18.5 Å². The van der Waals surface area contributed by atoms with Crippen LogP contribution in [0.25, 0.3) is 0 Å². The van der Waals surface area contributed by atoms with Gasteiger partial charge < -0.3 is 9.47 Å². The molecule has 2 nitrogen and oxygen atoms in total. The Morgan fingerprint density at radius 1 is 1.05 bits per heavy atom. The van der Waals surface area contributed by atoms with Crippen molar-refractivity contribution in [1.82, 2.24) is 0 Å². The van der Waals surface area contributed by atoms with Gasteiger partial charge in [-0.15, -0.1) is 0 Å². The normalized spacial score (nSPS) is 38.0. The highest BCUT2D eigenvalue weighted by Crippen LogP contribution is 2.38. The maximum Gasteiger partial charge on any atom is 0.162 e. The molecule has 0 aromatic rings. The molecule has 2 saturated carbocycles. The minimum Gasteiger partial charge on any atom is -0.346 e. The van der Waals surface area contributed by atoms with E-state index < -0.39 is 0 Å². The van der Waals surface area contributed by atoms with Crippen molar-refractivity contribution in [1.29, 1.82) is 0 Å². The smallest absolute Gasteiger partial charge is 0.162 e. The molecule has 3 rings (SSSR count). The van der Waals surface area contributed by atoms with Crippen molar-refractivity contribution in [3.63, 3.8) is 0 Å². The molecule has 0 spiro atoms. The van der Waals surface area contributed by atoms with Crippen LogP contribution in [0.3, 0.4) is 0 Å². The number of hydrogen-bond donors (Lipinski definition) is 0. The third-order valence-corrected chi connectivity index (χ3v) is 5.14. The largest absolute Gasteiger partial charge is 0.346 e. The molecule has 0 bridgehead atoms. The van der Waals surface area contributed by atoms with Crippen molar-refractivity contribution >= 4 is 0 Å². The van der Waals surface area contributed by atoms with E-state index in [1.54, 1.807) is 5.57 Å². The molecule has 3 fully saturated rings. The highest BCUT2D eigenvalue weighted by Gasteiger charge is 2.37. The summed E-state index contributed by atoms with van der Waals surface area (Å²) in [5, 5.41) is 0. The summed E-state index contributed by atoms with van der Waals surface area (Å²) in [6.45, 7) is 4.77. The van der Waals surface area contributed by atoms with Gasteiger partial charge >= 0.3 is 0 Å². The highest BCUT2D eigenvalue weighted by atomic mass is 16.8. The first-order valence-corrected chi connectivity index (χ1v) is 8.11. The topological polar surface area (TPSA) is 18.5 Å². The van der Waals surface area contributed by atoms with Crippen molar-refractivity contribution < 1.29 is 9.47 Å². The maximum absolute atomic E-state index is 6.03. The second-order valence-electron chi connectivity index (χ2n) is 7.33. The van der Waals surface area contributed by atoms with Crippen molar-refractivity contribution in [2.24, 2.45) is 5.41 Å². The Morgan fingerprint density at radius 3 is 2.21 bits per heavy atom. The third kappa shape index (κ3) is 3.41. The van der Waals surface area contributed by atoms with Crippen LogP contribution in [0.2, 0.25) is 0 Å². The zero-order chi connectivity index (χ0) is 13.3. The van der Waals surface area contributed by atoms with Crippen LogP contribution in [0.4, 0.5) is 0 Å². The van der Waals surface area contributed by atoms with Gasteiger partial charge in [0.15, 0.2) is 6.29 Å². The summed E-state index contributed by atoms with van der Waals surface area (Å²) < 4.78 is 12.1. The molecule has 0 aromatic heterocycles. The summed E-state index contributed by atoms with van der Waals surface area (Å²) in [5.74, 6) is 0. The van der Waals surface area contributed by atoms with Gasteiger partial charge in [0.1, 0.15) is 0 Å². The fraction of sp³-hybridized carbons (Fsp3) is 0.882. The summed E-state index contributed by atoms with van der Waals surface area (Å²) >= 11 is 0. The predicted octanol–water partition coefficient (Wildman–Crippen LogP) is 4.59. The van der Waals surface area contributed by atoms with E-state index in [4.69, 9.17) is 9.47 Å². The highest BCUT2D eigenvalue weighted by molar-refractivity contribution is 5.07. The molecule has 2 aliphatic carbocycles. The number of ether oxygens (including phenoxy) is 2. The summed E-state index contributed by atoms with van der Waals surface area (Å²) in [5.41, 5.74) is 2.17. The van der Waals surface area contributed by atoms with Crippen molar-refractivity contribution in [2.75, 3.05) is 0 Å². The molecule has 1 aliphatic heterocycles. The first-order valence-electron chi connectivity index (χ1n) is 8.11. The summed E-state index contributed by atoms with van der Waals surface area (Å²) in [6, 6.07) is 0. The zero-order valence-electron chi connectivity index (χ0n) is 12.5. The Balaban J connectivity index is 1.48. The molecule has 19 heavy (non-hydrogen) atoms. The molecule has 0 radical (unpaired) electrons. The molecular formula is C17H28O2. The van der Waals surface area contributed by atoms with E-state index in [1.165, 1.54) is 51.4 Å². The van der Waals surface area contributed by atoms with E-state index in [0.717, 1.165) is 6.42 Å². The molecule has 1 saturated heterocycles. The number of fused-ring (bicyclic) bond motifs is 1. The van der Waals surface area contributed by atoms with Gasteiger partial charge in [0.2, 0.25) is 0 Å². The van der Waals surface area contributed by atoms with Crippen molar-refractivity contribution in [3.8, 4) is 0 Å². The molecule has 0 amide bonds. The Labute approximate surface area is 117 Å². The summed E-state index contributed by atoms with van der Waals surface area (Å²) in [7, 11) is 0. The van der Waals surface area contributed by atoms with Crippen molar-refractivity contribution in [3.05, 3.63) is 11.6 Å². The van der Waals surface area contributed by atoms with Crippen LogP contribution in [-0.2, 0) is 9.47 Å². The molecule has 2 atom stereocenters. The second kappa shape index (κ2) is 5.57. The van der Waals surface area contributed by atoms with Gasteiger partial charge in [-0.2, -0.15) is 0 Å². The first kappa shape index (κ1) is 13.6. The molecule has 1 heterocycles. The Kier molecular flexibility index (Phi) is 4.00. The molecule has 2 unspecified atom stereocenters. The van der Waals surface area contributed by atoms with Crippen LogP contribution in [0.1, 0.15) is 71.6 Å². The Hall–Kier alpha value is -0.340. The lowest BCUT2D eigenvalue weighted by molar-refractivity contribution is -0.0618. The van der Waals surface area contributed by atoms with E-state index in [9.17, 15) is 0 Å². The fourth-order valence-electron chi connectivity index (χ4n) is 3.62. The molecule has 0 N–H and O–H groups in total. The predicted molar refractivity (Wildman–Crippen MR) is 77.0 cm³/mol. The quantitative estimate of drug-likeness (QED) is 0.537. The van der Waals surface area contributed by atoms with Crippen LogP contribution in [0.15, 0.2) is 11.6 Å². The van der Waals surface area contributed by atoms with E-state index in [1.807, 2.05) is 0 Å². The van der Waals surface area contributed by atoms with E-state index in [0.29, 0.717) is 17.6 Å². The average Bonchev–Trinajstić information content (AvgIpc) is 2.80. The van der Waals surface area contributed by atoms with E-state index in [2.05, 4.69) is 19.9 Å². The minimum absolute atomic E-state index is 0.0375. The molecule has 108 valence electrons. The summed E-state index contributed by atoms with van der Waals surface area (Å²) in [6.07, 6.45) is 14.4. The maximum atomic E-state index is 6.03. The van der Waals surface area contributed by atoms with Crippen LogP contribution < -0.4 is 0 Å². The molecule has 2 heteroatoms. The number of allylic oxidation sites excluding steroid dienone is 1. The van der Waals surface area contributed by atoms with Gasteiger partial charge in [-0.05, 0) is 43.9 Å². The number of rotatable bonds is 2. The zero-order valence-corrected chi connectivity index (χ0v) is 12.5. The van der Waals surface area contributed by atoms with Gasteiger partial charge in [0, 0.05) is 6.42 Å². The van der Waals surface area contributed by atoms with Crippen LogP contribution in [0, 0.1) is 5.41 Å². The molecular weight excluding hydrogens is 237 g/mol. The third-order valence-electron chi connectivity index (χ3n) is 5.14. The fourth-order valence-corrected chi connectivity index (χ4v) is 3.62. The molecule has 3 aliphatic rings. The number of hydrogen-bond acceptors (Lipinski definition) is 2. The monoisotopic (exact) mass is 265 g/mol. The van der Waals surface area contributed by atoms with Crippen LogP contribution >= 0.6 is 0 Å². The lowest BCUT2D eigenvalue weighted by atomic mass is 9.75. The van der Waals surface area contributed by atoms with Gasteiger partial charge in [0.05, 0.1) is 12.2 Å². The van der Waals surface area contributed by atoms with Gasteiger partial charge in [-0.25, -0.2) is 0 Å². The lowest BCUT2D eigenvalue weighted by Gasteiger charge is -2.30. The Morgan fingerprint density at radius 2 is 1.63 bits per heavy atom. The van der Waals surface area contributed by atoms with Crippen molar-refractivity contribution in [2.45, 2.75) is 90.1 Å². The van der Waals surface area contributed by atoms with E-state index >= 15 is 0 Å². The summed E-state index contributed by atoms with van der Waals surface area (Å²) in [4.78, 5) is 0. The van der Waals surface area contributed by atoms with Gasteiger partial charge in [0.25, 0.3) is 0 Å². The van der Waals surface area contributed by atoms with E-state index in [-0.39, 0.29) is 6.29 Å². The van der Waals surface area contributed by atoms with Crippen LogP contribution in [0.5, 0.6) is 0 Å². The molecule has 0 aromatic carbocycles.